The predicted octanol–water partition coefficient (Wildman–Crippen LogP) is -0.168. The Kier molecular flexibility index (Phi) is 9.97. The highest BCUT2D eigenvalue weighted by molar-refractivity contribution is 8.00. The standard InChI is InChI=1S/C13H23N3O7S/c1-3-13(4-2,8-23-16(21)22)7-15-11(18)10(17)6-24-5-9(14)12(19)20/h9H,3-8,14H2,1-2H3,(H,15,18)(H,19,20)/t9-/m0/s1. The van der Waals surface area contributed by atoms with Gasteiger partial charge in [-0.3, -0.25) is 14.4 Å². The van der Waals surface area contributed by atoms with Crippen molar-refractivity contribution in [1.29, 1.82) is 0 Å². The van der Waals surface area contributed by atoms with E-state index in [0.29, 0.717) is 12.8 Å². The molecule has 4 N–H and O–H groups in total. The minimum absolute atomic E-state index is 0.0128. The number of carboxylic acid groups (broad SMARTS) is 1. The van der Waals surface area contributed by atoms with Crippen LogP contribution in [0.15, 0.2) is 0 Å². The second-order valence-corrected chi connectivity index (χ2v) is 6.30. The zero-order chi connectivity index (χ0) is 18.8. The second kappa shape index (κ2) is 10.8. The number of nitrogens with one attached hydrogen (secondary N) is 1. The molecule has 0 aliphatic heterocycles. The fraction of sp³-hybridized carbons (Fsp3) is 0.769. The monoisotopic (exact) mass is 365 g/mol. The lowest BCUT2D eigenvalue weighted by atomic mass is 9.83. The first-order chi connectivity index (χ1) is 11.2. The van der Waals surface area contributed by atoms with Gasteiger partial charge in [0, 0.05) is 17.7 Å². The lowest BCUT2D eigenvalue weighted by molar-refractivity contribution is -0.761. The summed E-state index contributed by atoms with van der Waals surface area (Å²) in [7, 11) is 0. The Balaban J connectivity index is 4.38. The van der Waals surface area contributed by atoms with E-state index < -0.39 is 34.2 Å². The van der Waals surface area contributed by atoms with Crippen molar-refractivity contribution in [3.63, 3.8) is 0 Å². The van der Waals surface area contributed by atoms with E-state index in [2.05, 4.69) is 10.2 Å². The van der Waals surface area contributed by atoms with Gasteiger partial charge in [0.25, 0.3) is 11.0 Å². The van der Waals surface area contributed by atoms with Crippen LogP contribution in [0.3, 0.4) is 0 Å². The van der Waals surface area contributed by atoms with Crippen molar-refractivity contribution in [3.05, 3.63) is 10.1 Å². The Morgan fingerprint density at radius 1 is 1.38 bits per heavy atom. The first-order valence-electron chi connectivity index (χ1n) is 7.32. The largest absolute Gasteiger partial charge is 0.480 e. The molecule has 0 aliphatic rings. The molecule has 10 nitrogen and oxygen atoms in total. The summed E-state index contributed by atoms with van der Waals surface area (Å²) in [5, 5.41) is 20.5. The topological polar surface area (TPSA) is 162 Å². The van der Waals surface area contributed by atoms with Gasteiger partial charge in [0.1, 0.15) is 12.6 Å². The molecule has 0 bridgehead atoms. The molecule has 0 radical (unpaired) electrons. The van der Waals surface area contributed by atoms with Gasteiger partial charge in [0.2, 0.25) is 5.78 Å². The quantitative estimate of drug-likeness (QED) is 0.228. The number of carbonyl (C=O) groups is 3. The van der Waals surface area contributed by atoms with Gasteiger partial charge in [0.15, 0.2) is 0 Å². The fourth-order valence-corrected chi connectivity index (χ4v) is 2.56. The summed E-state index contributed by atoms with van der Waals surface area (Å²) < 4.78 is 0. The zero-order valence-corrected chi connectivity index (χ0v) is 14.5. The number of nitrogens with two attached hydrogens (primary N) is 1. The molecule has 0 aromatic heterocycles. The number of rotatable bonds is 13. The Bertz CT molecular complexity index is 468. The number of carbonyl (C=O) groups excluding carboxylic acids is 2. The molecule has 0 saturated heterocycles. The van der Waals surface area contributed by atoms with Crippen LogP contribution in [0.1, 0.15) is 26.7 Å². The number of hydrogen-bond acceptors (Lipinski definition) is 8. The third kappa shape index (κ3) is 8.11. The van der Waals surface area contributed by atoms with Gasteiger partial charge in [-0.2, -0.15) is 11.8 Å². The van der Waals surface area contributed by atoms with Crippen LogP contribution >= 0.6 is 11.8 Å². The van der Waals surface area contributed by atoms with E-state index in [1.807, 2.05) is 13.8 Å². The molecule has 0 unspecified atom stereocenters. The maximum absolute atomic E-state index is 11.8. The van der Waals surface area contributed by atoms with Crippen LogP contribution < -0.4 is 11.1 Å². The maximum atomic E-state index is 11.8. The summed E-state index contributed by atoms with van der Waals surface area (Å²) in [5.41, 5.74) is 4.65. The van der Waals surface area contributed by atoms with Crippen LogP contribution in [0.2, 0.25) is 0 Å². The maximum Gasteiger partial charge on any atom is 0.321 e. The van der Waals surface area contributed by atoms with E-state index >= 15 is 0 Å². The van der Waals surface area contributed by atoms with Crippen LogP contribution in [-0.4, -0.2) is 58.6 Å². The average Bonchev–Trinajstić information content (AvgIpc) is 2.54. The molecular weight excluding hydrogens is 342 g/mol. The zero-order valence-electron chi connectivity index (χ0n) is 13.6. The van der Waals surface area contributed by atoms with Crippen molar-refractivity contribution in [1.82, 2.24) is 5.32 Å². The molecule has 0 rings (SSSR count). The molecule has 1 amide bonds. The Hall–Kier alpha value is -1.88. The molecule has 24 heavy (non-hydrogen) atoms. The summed E-state index contributed by atoms with van der Waals surface area (Å²) in [6.45, 7) is 3.51. The number of amides is 1. The van der Waals surface area contributed by atoms with E-state index in [4.69, 9.17) is 10.8 Å². The molecule has 0 aromatic rings. The molecule has 11 heteroatoms. The first-order valence-corrected chi connectivity index (χ1v) is 8.47. The third-order valence-electron chi connectivity index (χ3n) is 3.70. The normalized spacial score (nSPS) is 12.3. The summed E-state index contributed by atoms with van der Waals surface area (Å²) in [4.78, 5) is 48.7. The lowest BCUT2D eigenvalue weighted by Gasteiger charge is -2.30. The smallest absolute Gasteiger partial charge is 0.321 e. The second-order valence-electron chi connectivity index (χ2n) is 5.27. The van der Waals surface area contributed by atoms with Gasteiger partial charge < -0.3 is 21.0 Å². The van der Waals surface area contributed by atoms with Crippen LogP contribution in [0.4, 0.5) is 0 Å². The molecule has 138 valence electrons. The molecule has 0 heterocycles. The highest BCUT2D eigenvalue weighted by atomic mass is 32.2. The summed E-state index contributed by atoms with van der Waals surface area (Å²) >= 11 is 0.955. The minimum atomic E-state index is -1.18. The van der Waals surface area contributed by atoms with E-state index in [1.165, 1.54) is 0 Å². The van der Waals surface area contributed by atoms with E-state index in [-0.39, 0.29) is 24.7 Å². The van der Waals surface area contributed by atoms with Crippen LogP contribution in [0, 0.1) is 15.5 Å². The minimum Gasteiger partial charge on any atom is -0.480 e. The van der Waals surface area contributed by atoms with Crippen LogP contribution in [-0.2, 0) is 19.2 Å². The number of aliphatic carboxylic acids is 1. The third-order valence-corrected chi connectivity index (χ3v) is 4.76. The van der Waals surface area contributed by atoms with Gasteiger partial charge in [-0.25, -0.2) is 0 Å². The van der Waals surface area contributed by atoms with Gasteiger partial charge in [-0.15, -0.1) is 10.1 Å². The molecular formula is C13H23N3O7S. The van der Waals surface area contributed by atoms with E-state index in [0.717, 1.165) is 11.8 Å². The molecule has 0 fully saturated rings. The molecule has 0 aliphatic carbocycles. The summed E-state index contributed by atoms with van der Waals surface area (Å²) in [6.07, 6.45) is 1.04. The lowest BCUT2D eigenvalue weighted by Crippen LogP contribution is -2.43. The van der Waals surface area contributed by atoms with Gasteiger partial charge in [-0.1, -0.05) is 13.8 Å². The Morgan fingerprint density at radius 2 is 1.96 bits per heavy atom. The Morgan fingerprint density at radius 3 is 2.42 bits per heavy atom. The number of hydrogen-bond donors (Lipinski definition) is 3. The number of ketones is 1. The Labute approximate surface area is 143 Å². The van der Waals surface area contributed by atoms with Crippen LogP contribution in [0.25, 0.3) is 0 Å². The van der Waals surface area contributed by atoms with Gasteiger partial charge >= 0.3 is 5.97 Å². The fourth-order valence-electron chi connectivity index (χ4n) is 1.73. The number of thioether (sulfide) groups is 1. The molecule has 1 atom stereocenters. The van der Waals surface area contributed by atoms with E-state index in [1.54, 1.807) is 0 Å². The van der Waals surface area contributed by atoms with Crippen molar-refractivity contribution in [2.75, 3.05) is 24.7 Å². The summed E-state index contributed by atoms with van der Waals surface area (Å²) in [5.74, 6) is -2.89. The molecule has 0 spiro atoms. The molecule has 0 saturated carbocycles. The SMILES string of the molecule is CCC(CC)(CNC(=O)C(=O)CSC[C@H](N)C(=O)O)CO[N+](=O)[O-]. The van der Waals surface area contributed by atoms with Gasteiger partial charge in [0.05, 0.1) is 5.75 Å². The summed E-state index contributed by atoms with van der Waals surface area (Å²) in [6, 6.07) is -1.10. The molecule has 0 aromatic carbocycles. The van der Waals surface area contributed by atoms with Crippen molar-refractivity contribution in [2.45, 2.75) is 32.7 Å². The van der Waals surface area contributed by atoms with Crippen molar-refractivity contribution in [2.24, 2.45) is 11.1 Å². The average molecular weight is 365 g/mol. The van der Waals surface area contributed by atoms with Crippen molar-refractivity contribution < 1.29 is 29.4 Å². The van der Waals surface area contributed by atoms with Crippen molar-refractivity contribution >= 4 is 29.4 Å². The first kappa shape index (κ1) is 22.1. The number of nitrogens with zero attached hydrogens (tertiary/aromatic N) is 1. The van der Waals surface area contributed by atoms with Crippen LogP contribution in [0.5, 0.6) is 0 Å². The van der Waals surface area contributed by atoms with E-state index in [9.17, 15) is 24.5 Å². The van der Waals surface area contributed by atoms with Crippen molar-refractivity contribution in [3.8, 4) is 0 Å². The number of Topliss-reactive ketones (excluding diaryl/α,β-unsaturated/α-hetero) is 1. The van der Waals surface area contributed by atoms with Gasteiger partial charge in [-0.05, 0) is 12.8 Å². The highest BCUT2D eigenvalue weighted by Gasteiger charge is 2.29. The number of carboxylic acids is 1. The predicted molar refractivity (Wildman–Crippen MR) is 86.9 cm³/mol. The highest BCUT2D eigenvalue weighted by Crippen LogP contribution is 2.25.